The zero-order valence-electron chi connectivity index (χ0n) is 11.8. The minimum Gasteiger partial charge on any atom is -0.444 e. The van der Waals surface area contributed by atoms with E-state index in [2.05, 4.69) is 31.9 Å². The Hall–Kier alpha value is 0.150. The Kier molecular flexibility index (Phi) is 3.53. The molecule has 1 heterocycles. The Labute approximate surface area is 130 Å². The van der Waals surface area contributed by atoms with Crippen LogP contribution >= 0.6 is 31.9 Å². The van der Waals surface area contributed by atoms with Crippen molar-refractivity contribution in [1.29, 1.82) is 0 Å². The molecule has 0 radical (unpaired) electrons. The summed E-state index contributed by atoms with van der Waals surface area (Å²) in [5, 5.41) is 0. The molecule has 2 fully saturated rings. The summed E-state index contributed by atoms with van der Waals surface area (Å²) in [4.78, 5) is 13.9. The molecule has 0 aromatic rings. The lowest BCUT2D eigenvalue weighted by atomic mass is 9.91. The van der Waals surface area contributed by atoms with Gasteiger partial charge in [-0.3, -0.25) is 4.90 Å². The maximum atomic E-state index is 12.3. The van der Waals surface area contributed by atoms with Crippen molar-refractivity contribution in [3.05, 3.63) is 0 Å². The fourth-order valence-corrected chi connectivity index (χ4v) is 4.50. The van der Waals surface area contributed by atoms with Crippen LogP contribution < -0.4 is 0 Å². The highest BCUT2D eigenvalue weighted by molar-refractivity contribution is 9.25. The fourth-order valence-electron chi connectivity index (χ4n) is 2.66. The van der Waals surface area contributed by atoms with E-state index in [0.29, 0.717) is 13.0 Å². The molecule has 0 aromatic carbocycles. The van der Waals surface area contributed by atoms with Gasteiger partial charge in [-0.1, -0.05) is 31.9 Å². The minimum absolute atomic E-state index is 0.349. The average Bonchev–Trinajstić information content (AvgIpc) is 2.83. The maximum Gasteiger partial charge on any atom is 0.411 e. The molecular formula is C12H19Br2NO4. The number of alkyl halides is 2. The van der Waals surface area contributed by atoms with E-state index in [4.69, 9.17) is 14.2 Å². The third kappa shape index (κ3) is 2.04. The molecule has 110 valence electrons. The van der Waals surface area contributed by atoms with E-state index in [0.717, 1.165) is 0 Å². The van der Waals surface area contributed by atoms with Gasteiger partial charge in [-0.15, -0.1) is 0 Å². The number of ether oxygens (including phenoxy) is 3. The topological polar surface area (TPSA) is 48.0 Å². The lowest BCUT2D eigenvalue weighted by Gasteiger charge is -2.56. The van der Waals surface area contributed by atoms with Crippen molar-refractivity contribution in [2.75, 3.05) is 20.8 Å². The van der Waals surface area contributed by atoms with Crippen molar-refractivity contribution in [3.8, 4) is 0 Å². The number of rotatable bonds is 2. The first-order chi connectivity index (χ1) is 8.55. The predicted molar refractivity (Wildman–Crippen MR) is 77.6 cm³/mol. The molecule has 7 heteroatoms. The quantitative estimate of drug-likeness (QED) is 0.528. The maximum absolute atomic E-state index is 12.3. The molecule has 1 aliphatic heterocycles. The van der Waals surface area contributed by atoms with E-state index in [1.165, 1.54) is 0 Å². The van der Waals surface area contributed by atoms with Crippen molar-refractivity contribution in [1.82, 2.24) is 4.90 Å². The molecule has 1 saturated heterocycles. The lowest BCUT2D eigenvalue weighted by molar-refractivity contribution is -0.312. The molecule has 1 aliphatic carbocycles. The number of nitrogens with zero attached hydrogens (tertiary/aromatic N) is 1. The minimum atomic E-state index is -0.795. The molecule has 2 aliphatic rings. The zero-order chi connectivity index (χ0) is 14.7. The highest BCUT2D eigenvalue weighted by atomic mass is 79.9. The van der Waals surface area contributed by atoms with Gasteiger partial charge in [0.05, 0.1) is 6.54 Å². The molecule has 2 rings (SSSR count). The Bertz CT molecular complexity index is 403. The number of likely N-dealkylation sites (tertiary alicyclic amines) is 1. The SMILES string of the molecule is COC1(OC)CN(C(=O)OC(C)(C)C)C12CC2(Br)Br. The van der Waals surface area contributed by atoms with Gasteiger partial charge in [0.1, 0.15) is 14.4 Å². The van der Waals surface area contributed by atoms with E-state index >= 15 is 0 Å². The van der Waals surface area contributed by atoms with E-state index in [9.17, 15) is 4.79 Å². The molecule has 0 bridgehead atoms. The zero-order valence-corrected chi connectivity index (χ0v) is 14.9. The Morgan fingerprint density at radius 3 is 2.00 bits per heavy atom. The summed E-state index contributed by atoms with van der Waals surface area (Å²) in [6, 6.07) is 0. The summed E-state index contributed by atoms with van der Waals surface area (Å²) in [5.74, 6) is -0.795. The third-order valence-electron chi connectivity index (χ3n) is 3.69. The first-order valence-electron chi connectivity index (χ1n) is 6.04. The van der Waals surface area contributed by atoms with Gasteiger partial charge in [-0.2, -0.15) is 0 Å². The number of carbonyl (C=O) groups is 1. The van der Waals surface area contributed by atoms with Gasteiger partial charge >= 0.3 is 6.09 Å². The Balaban J connectivity index is 2.21. The fraction of sp³-hybridized carbons (Fsp3) is 0.917. The summed E-state index contributed by atoms with van der Waals surface area (Å²) >= 11 is 7.15. The molecule has 19 heavy (non-hydrogen) atoms. The number of hydrogen-bond acceptors (Lipinski definition) is 4. The van der Waals surface area contributed by atoms with Gasteiger partial charge in [0.15, 0.2) is 0 Å². The van der Waals surface area contributed by atoms with Gasteiger partial charge in [0.25, 0.3) is 0 Å². The first-order valence-corrected chi connectivity index (χ1v) is 7.63. The van der Waals surface area contributed by atoms with Crippen LogP contribution in [-0.4, -0.2) is 51.9 Å². The van der Waals surface area contributed by atoms with Crippen LogP contribution in [0.1, 0.15) is 27.2 Å². The van der Waals surface area contributed by atoms with Crippen LogP contribution in [0.25, 0.3) is 0 Å². The van der Waals surface area contributed by atoms with Crippen molar-refractivity contribution < 1.29 is 19.0 Å². The molecule has 1 amide bonds. The van der Waals surface area contributed by atoms with Crippen LogP contribution in [0.4, 0.5) is 4.79 Å². The van der Waals surface area contributed by atoms with Gasteiger partial charge < -0.3 is 14.2 Å². The number of hydrogen-bond donors (Lipinski definition) is 0. The second kappa shape index (κ2) is 4.32. The van der Waals surface area contributed by atoms with Crippen molar-refractivity contribution in [2.45, 2.75) is 47.4 Å². The molecule has 0 N–H and O–H groups in total. The predicted octanol–water partition coefficient (Wildman–Crippen LogP) is 2.85. The number of halogens is 2. The van der Waals surface area contributed by atoms with Crippen molar-refractivity contribution in [3.63, 3.8) is 0 Å². The summed E-state index contributed by atoms with van der Waals surface area (Å²) in [5.41, 5.74) is -1.08. The average molecular weight is 401 g/mol. The Morgan fingerprint density at radius 1 is 1.21 bits per heavy atom. The normalized spacial score (nSPS) is 31.0. The van der Waals surface area contributed by atoms with Crippen molar-refractivity contribution in [2.24, 2.45) is 0 Å². The summed E-state index contributed by atoms with van der Waals surface area (Å²) in [6.45, 7) is 5.90. The van der Waals surface area contributed by atoms with Gasteiger partial charge in [0.2, 0.25) is 5.79 Å². The summed E-state index contributed by atoms with van der Waals surface area (Å²) in [7, 11) is 3.18. The van der Waals surface area contributed by atoms with Gasteiger partial charge in [-0.25, -0.2) is 4.79 Å². The molecule has 1 spiro atoms. The number of carbonyl (C=O) groups excluding carboxylic acids is 1. The third-order valence-corrected chi connectivity index (χ3v) is 5.56. The number of amides is 1. The molecule has 1 unspecified atom stereocenters. The standard InChI is InChI=1S/C12H19Br2NO4/c1-9(2,3)19-8(16)15-7-12(17-4,18-5)10(15)6-11(10,13)14/h6-7H2,1-5H3. The second-order valence-corrected chi connectivity index (χ2v) is 9.74. The first kappa shape index (κ1) is 15.5. The van der Waals surface area contributed by atoms with E-state index < -0.39 is 20.2 Å². The van der Waals surface area contributed by atoms with Crippen LogP contribution in [0.5, 0.6) is 0 Å². The largest absolute Gasteiger partial charge is 0.444 e. The monoisotopic (exact) mass is 399 g/mol. The molecular weight excluding hydrogens is 382 g/mol. The molecule has 1 atom stereocenters. The van der Waals surface area contributed by atoms with Crippen LogP contribution in [0.2, 0.25) is 0 Å². The smallest absolute Gasteiger partial charge is 0.411 e. The molecule has 1 saturated carbocycles. The van der Waals surface area contributed by atoms with E-state index in [1.807, 2.05) is 20.8 Å². The van der Waals surface area contributed by atoms with E-state index in [-0.39, 0.29) is 6.09 Å². The van der Waals surface area contributed by atoms with Crippen LogP contribution in [0, 0.1) is 0 Å². The van der Waals surface area contributed by atoms with E-state index in [1.54, 1.807) is 19.1 Å². The van der Waals surface area contributed by atoms with Gasteiger partial charge in [0, 0.05) is 20.6 Å². The number of methoxy groups -OCH3 is 2. The van der Waals surface area contributed by atoms with Crippen LogP contribution in [-0.2, 0) is 14.2 Å². The highest BCUT2D eigenvalue weighted by Gasteiger charge is 2.87. The summed E-state index contributed by atoms with van der Waals surface area (Å²) < 4.78 is 16.1. The molecule has 0 aromatic heterocycles. The van der Waals surface area contributed by atoms with Crippen LogP contribution in [0.15, 0.2) is 0 Å². The second-order valence-electron chi connectivity index (χ2n) is 5.97. The summed E-state index contributed by atoms with van der Waals surface area (Å²) in [6.07, 6.45) is 0.346. The van der Waals surface area contributed by atoms with Crippen LogP contribution in [0.3, 0.4) is 0 Å². The highest BCUT2D eigenvalue weighted by Crippen LogP contribution is 2.72. The van der Waals surface area contributed by atoms with Gasteiger partial charge in [-0.05, 0) is 20.8 Å². The lowest BCUT2D eigenvalue weighted by Crippen LogP contribution is -2.77. The molecule has 5 nitrogen and oxygen atoms in total. The Morgan fingerprint density at radius 2 is 1.68 bits per heavy atom. The van der Waals surface area contributed by atoms with Crippen molar-refractivity contribution >= 4 is 38.0 Å².